The molecule has 0 aromatic heterocycles. The highest BCUT2D eigenvalue weighted by molar-refractivity contribution is 7.89. The summed E-state index contributed by atoms with van der Waals surface area (Å²) in [5.74, 6) is 0. The van der Waals surface area contributed by atoms with Crippen molar-refractivity contribution in [3.05, 3.63) is 23.8 Å². The number of anilines is 1. The van der Waals surface area contributed by atoms with Gasteiger partial charge in [-0.3, -0.25) is 0 Å². The molecule has 1 aliphatic carbocycles. The number of rotatable bonds is 3. The highest BCUT2D eigenvalue weighted by Crippen LogP contribution is 2.35. The Morgan fingerprint density at radius 2 is 1.95 bits per heavy atom. The second-order valence-corrected chi connectivity index (χ2v) is 8.52. The quantitative estimate of drug-likeness (QED) is 0.840. The van der Waals surface area contributed by atoms with Crippen LogP contribution in [0.15, 0.2) is 23.1 Å². The lowest BCUT2D eigenvalue weighted by atomic mass is 9.85. The topological polar surface area (TPSA) is 72.2 Å². The van der Waals surface area contributed by atoms with Crippen molar-refractivity contribution >= 4 is 15.7 Å². The van der Waals surface area contributed by atoms with E-state index in [4.69, 9.17) is 5.14 Å². The normalized spacial score (nSPS) is 22.6. The van der Waals surface area contributed by atoms with Gasteiger partial charge in [-0.05, 0) is 55.7 Å². The molecule has 0 bridgehead atoms. The van der Waals surface area contributed by atoms with Crippen molar-refractivity contribution in [3.8, 4) is 0 Å². The number of aryl methyl sites for hydroxylation is 1. The number of hydrogen-bond donors (Lipinski definition) is 2. The van der Waals surface area contributed by atoms with Gasteiger partial charge in [-0.2, -0.15) is 0 Å². The van der Waals surface area contributed by atoms with Crippen LogP contribution in [-0.2, 0) is 10.0 Å². The van der Waals surface area contributed by atoms with E-state index >= 15 is 0 Å². The minimum absolute atomic E-state index is 0.171. The molecular formula is C16H26N2O2S. The van der Waals surface area contributed by atoms with Crippen molar-refractivity contribution in [1.29, 1.82) is 0 Å². The van der Waals surface area contributed by atoms with Gasteiger partial charge in [0.2, 0.25) is 10.0 Å². The lowest BCUT2D eigenvalue weighted by molar-refractivity contribution is 0.313. The van der Waals surface area contributed by atoms with E-state index in [0.29, 0.717) is 11.5 Å². The molecule has 1 aromatic rings. The van der Waals surface area contributed by atoms with Gasteiger partial charge in [-0.25, -0.2) is 13.6 Å². The molecule has 1 saturated carbocycles. The van der Waals surface area contributed by atoms with Crippen LogP contribution in [0.3, 0.4) is 0 Å². The fourth-order valence-corrected chi connectivity index (χ4v) is 3.50. The number of hydrogen-bond acceptors (Lipinski definition) is 3. The molecule has 4 nitrogen and oxygen atoms in total. The van der Waals surface area contributed by atoms with Crippen LogP contribution in [0.2, 0.25) is 0 Å². The van der Waals surface area contributed by atoms with Gasteiger partial charge in [-0.1, -0.05) is 26.3 Å². The Labute approximate surface area is 128 Å². The maximum Gasteiger partial charge on any atom is 0.238 e. The first-order valence-corrected chi connectivity index (χ1v) is 9.12. The Morgan fingerprint density at radius 3 is 2.62 bits per heavy atom. The maximum absolute atomic E-state index is 11.5. The zero-order chi connectivity index (χ0) is 15.7. The van der Waals surface area contributed by atoms with E-state index in [1.807, 2.05) is 13.0 Å². The molecule has 5 heteroatoms. The van der Waals surface area contributed by atoms with Crippen LogP contribution in [0.5, 0.6) is 0 Å². The largest absolute Gasteiger partial charge is 0.382 e. The number of benzene rings is 1. The van der Waals surface area contributed by atoms with Gasteiger partial charge >= 0.3 is 0 Å². The SMILES string of the molecule is Cc1ccc(S(N)(=O)=O)cc1NC1CCCC(C)(C)CC1. The molecule has 1 aromatic carbocycles. The minimum atomic E-state index is -3.65. The smallest absolute Gasteiger partial charge is 0.238 e. The first-order valence-electron chi connectivity index (χ1n) is 7.57. The molecule has 1 aliphatic rings. The van der Waals surface area contributed by atoms with E-state index < -0.39 is 10.0 Å². The van der Waals surface area contributed by atoms with Gasteiger partial charge in [0.15, 0.2) is 0 Å². The number of nitrogens with one attached hydrogen (secondary N) is 1. The van der Waals surface area contributed by atoms with Crippen molar-refractivity contribution in [1.82, 2.24) is 0 Å². The second kappa shape index (κ2) is 5.97. The maximum atomic E-state index is 11.5. The molecule has 0 amide bonds. The fraction of sp³-hybridized carbons (Fsp3) is 0.625. The fourth-order valence-electron chi connectivity index (χ4n) is 2.96. The van der Waals surface area contributed by atoms with E-state index in [0.717, 1.165) is 24.1 Å². The molecule has 21 heavy (non-hydrogen) atoms. The molecular weight excluding hydrogens is 284 g/mol. The van der Waals surface area contributed by atoms with Crippen molar-refractivity contribution in [2.75, 3.05) is 5.32 Å². The summed E-state index contributed by atoms with van der Waals surface area (Å²) in [7, 11) is -3.65. The molecule has 0 aliphatic heterocycles. The van der Waals surface area contributed by atoms with Crippen LogP contribution in [0, 0.1) is 12.3 Å². The summed E-state index contributed by atoms with van der Waals surface area (Å²) in [6, 6.07) is 5.43. The summed E-state index contributed by atoms with van der Waals surface area (Å²) < 4.78 is 23.0. The first kappa shape index (κ1) is 16.3. The Kier molecular flexibility index (Phi) is 4.63. The average molecular weight is 310 g/mol. The van der Waals surface area contributed by atoms with Crippen molar-refractivity contribution < 1.29 is 8.42 Å². The van der Waals surface area contributed by atoms with Crippen LogP contribution in [0.25, 0.3) is 0 Å². The predicted molar refractivity (Wildman–Crippen MR) is 86.8 cm³/mol. The van der Waals surface area contributed by atoms with Gasteiger partial charge in [0.05, 0.1) is 4.90 Å². The summed E-state index contributed by atoms with van der Waals surface area (Å²) in [5, 5.41) is 8.73. The monoisotopic (exact) mass is 310 g/mol. The molecule has 2 rings (SSSR count). The van der Waals surface area contributed by atoms with Crippen molar-refractivity contribution in [3.63, 3.8) is 0 Å². The second-order valence-electron chi connectivity index (χ2n) is 6.96. The van der Waals surface area contributed by atoms with E-state index in [1.54, 1.807) is 12.1 Å². The molecule has 1 unspecified atom stereocenters. The summed E-state index contributed by atoms with van der Waals surface area (Å²) in [6.45, 7) is 6.63. The molecule has 3 N–H and O–H groups in total. The highest BCUT2D eigenvalue weighted by atomic mass is 32.2. The lowest BCUT2D eigenvalue weighted by Gasteiger charge is -2.23. The van der Waals surface area contributed by atoms with E-state index in [-0.39, 0.29) is 4.90 Å². The summed E-state index contributed by atoms with van der Waals surface area (Å²) in [5.41, 5.74) is 2.34. The molecule has 1 atom stereocenters. The number of nitrogens with two attached hydrogens (primary N) is 1. The first-order chi connectivity index (χ1) is 9.67. The average Bonchev–Trinajstić information content (AvgIpc) is 2.52. The predicted octanol–water partition coefficient (Wildman–Crippen LogP) is 3.41. The summed E-state index contributed by atoms with van der Waals surface area (Å²) in [6.07, 6.45) is 5.90. The molecule has 1 fully saturated rings. The molecule has 0 radical (unpaired) electrons. The van der Waals surface area contributed by atoms with E-state index in [1.165, 1.54) is 19.3 Å². The summed E-state index contributed by atoms with van der Waals surface area (Å²) >= 11 is 0. The van der Waals surface area contributed by atoms with Gasteiger partial charge < -0.3 is 5.32 Å². The van der Waals surface area contributed by atoms with Crippen LogP contribution in [-0.4, -0.2) is 14.5 Å². The van der Waals surface area contributed by atoms with Crippen LogP contribution in [0.1, 0.15) is 51.5 Å². The molecule has 118 valence electrons. The Morgan fingerprint density at radius 1 is 1.24 bits per heavy atom. The molecule has 0 saturated heterocycles. The van der Waals surface area contributed by atoms with Gasteiger partial charge in [0, 0.05) is 11.7 Å². The number of primary sulfonamides is 1. The third-order valence-electron chi connectivity index (χ3n) is 4.47. The van der Waals surface area contributed by atoms with Gasteiger partial charge in [0.25, 0.3) is 0 Å². The highest BCUT2D eigenvalue weighted by Gasteiger charge is 2.24. The van der Waals surface area contributed by atoms with E-state index in [9.17, 15) is 8.42 Å². The third kappa shape index (κ3) is 4.45. The third-order valence-corrected chi connectivity index (χ3v) is 5.38. The van der Waals surface area contributed by atoms with Gasteiger partial charge in [0.1, 0.15) is 0 Å². The van der Waals surface area contributed by atoms with Gasteiger partial charge in [-0.15, -0.1) is 0 Å². The molecule has 0 heterocycles. The van der Waals surface area contributed by atoms with Crippen molar-refractivity contribution in [2.45, 2.75) is 63.8 Å². The Balaban J connectivity index is 2.16. The Hall–Kier alpha value is -1.07. The minimum Gasteiger partial charge on any atom is -0.382 e. The summed E-state index contributed by atoms with van der Waals surface area (Å²) in [4.78, 5) is 0.171. The zero-order valence-corrected chi connectivity index (χ0v) is 14.0. The zero-order valence-electron chi connectivity index (χ0n) is 13.1. The van der Waals surface area contributed by atoms with Crippen LogP contribution < -0.4 is 10.5 Å². The lowest BCUT2D eigenvalue weighted by Crippen LogP contribution is -2.20. The van der Waals surface area contributed by atoms with Crippen LogP contribution in [0.4, 0.5) is 5.69 Å². The van der Waals surface area contributed by atoms with Crippen molar-refractivity contribution in [2.24, 2.45) is 10.6 Å². The Bertz CT molecular complexity index is 609. The van der Waals surface area contributed by atoms with Crippen LogP contribution >= 0.6 is 0 Å². The number of sulfonamides is 1. The standard InChI is InChI=1S/C16H26N2O2S/c1-12-6-7-14(21(17,19)20)11-15(12)18-13-5-4-9-16(2,3)10-8-13/h6-7,11,13,18H,4-5,8-10H2,1-3H3,(H2,17,19,20). The molecule has 0 spiro atoms. The van der Waals surface area contributed by atoms with E-state index in [2.05, 4.69) is 19.2 Å².